The molecule has 5 nitrogen and oxygen atoms in total. The van der Waals surface area contributed by atoms with E-state index in [1.54, 1.807) is 0 Å². The molecule has 1 aromatic rings. The van der Waals surface area contributed by atoms with E-state index in [0.29, 0.717) is 17.2 Å². The van der Waals surface area contributed by atoms with Gasteiger partial charge in [-0.05, 0) is 57.8 Å². The third kappa shape index (κ3) is 7.72. The fourth-order valence-corrected chi connectivity index (χ4v) is 3.99. The molecule has 1 aliphatic rings. The minimum Gasteiger partial charge on any atom is -0.353 e. The number of likely N-dealkylation sites (tertiary alicyclic amines) is 1. The Morgan fingerprint density at radius 2 is 1.89 bits per heavy atom. The topological polar surface area (TPSA) is 61.4 Å². The van der Waals surface area contributed by atoms with Crippen LogP contribution in [0.5, 0.6) is 0 Å². The Morgan fingerprint density at radius 1 is 1.22 bits per heavy atom. The summed E-state index contributed by atoms with van der Waals surface area (Å²) in [7, 11) is 0. The molecule has 0 unspecified atom stereocenters. The van der Waals surface area contributed by atoms with Gasteiger partial charge in [0.25, 0.3) is 5.91 Å². The van der Waals surface area contributed by atoms with Gasteiger partial charge in [-0.1, -0.05) is 19.1 Å². The number of halogens is 1. The second-order valence-corrected chi connectivity index (χ2v) is 8.07. The first kappa shape index (κ1) is 23.8. The standard InChI is InChI=1S/C20H31N3O2S.ClH/c1-4-21-13-16-9-11-23(12-10-16)20(25)17-7-5-6-8-18(17)26-14-19(24)22-15(2)3;/h5-8,15-16,21H,4,9-14H2,1-3H3,(H,22,24);1H. The van der Waals surface area contributed by atoms with Gasteiger partial charge in [0.2, 0.25) is 5.91 Å². The van der Waals surface area contributed by atoms with Crippen molar-refractivity contribution in [2.45, 2.75) is 44.6 Å². The lowest BCUT2D eigenvalue weighted by Gasteiger charge is -2.32. The Morgan fingerprint density at radius 3 is 2.52 bits per heavy atom. The molecule has 7 heteroatoms. The first-order valence-corrected chi connectivity index (χ1v) is 10.5. The molecule has 0 aromatic heterocycles. The number of amides is 2. The molecule has 2 amide bonds. The van der Waals surface area contributed by atoms with Gasteiger partial charge in [-0.25, -0.2) is 0 Å². The molecule has 0 saturated carbocycles. The highest BCUT2D eigenvalue weighted by molar-refractivity contribution is 8.00. The molecular formula is C20H32ClN3O2S. The van der Waals surface area contributed by atoms with Gasteiger partial charge in [0, 0.05) is 24.0 Å². The fourth-order valence-electron chi connectivity index (χ4n) is 3.14. The van der Waals surface area contributed by atoms with Crippen LogP contribution in [0.25, 0.3) is 0 Å². The van der Waals surface area contributed by atoms with Crippen molar-refractivity contribution in [2.75, 3.05) is 31.9 Å². The minimum atomic E-state index is -0.00325. The fraction of sp³-hybridized carbons (Fsp3) is 0.600. The summed E-state index contributed by atoms with van der Waals surface area (Å²) >= 11 is 1.43. The van der Waals surface area contributed by atoms with Gasteiger partial charge in [-0.15, -0.1) is 24.2 Å². The molecule has 1 fully saturated rings. The van der Waals surface area contributed by atoms with Crippen molar-refractivity contribution in [3.63, 3.8) is 0 Å². The van der Waals surface area contributed by atoms with Gasteiger partial charge in [0.15, 0.2) is 0 Å². The maximum Gasteiger partial charge on any atom is 0.254 e. The molecule has 27 heavy (non-hydrogen) atoms. The molecule has 0 atom stereocenters. The molecule has 2 N–H and O–H groups in total. The van der Waals surface area contributed by atoms with E-state index in [-0.39, 0.29) is 30.3 Å². The van der Waals surface area contributed by atoms with E-state index in [4.69, 9.17) is 0 Å². The van der Waals surface area contributed by atoms with Crippen molar-refractivity contribution in [2.24, 2.45) is 5.92 Å². The average Bonchev–Trinajstić information content (AvgIpc) is 2.64. The first-order valence-electron chi connectivity index (χ1n) is 9.52. The zero-order valence-corrected chi connectivity index (χ0v) is 18.1. The second-order valence-electron chi connectivity index (χ2n) is 7.05. The lowest BCUT2D eigenvalue weighted by atomic mass is 9.96. The Balaban J connectivity index is 0.00000364. The number of thioether (sulfide) groups is 1. The van der Waals surface area contributed by atoms with Crippen LogP contribution in [0.3, 0.4) is 0 Å². The molecule has 0 spiro atoms. The van der Waals surface area contributed by atoms with E-state index in [0.717, 1.165) is 43.9 Å². The van der Waals surface area contributed by atoms with Crippen molar-refractivity contribution >= 4 is 36.0 Å². The number of piperidine rings is 1. The monoisotopic (exact) mass is 413 g/mol. The largest absolute Gasteiger partial charge is 0.353 e. The smallest absolute Gasteiger partial charge is 0.254 e. The highest BCUT2D eigenvalue weighted by Gasteiger charge is 2.25. The average molecular weight is 414 g/mol. The molecule has 152 valence electrons. The molecular weight excluding hydrogens is 382 g/mol. The van der Waals surface area contributed by atoms with Crippen molar-refractivity contribution in [3.05, 3.63) is 29.8 Å². The first-order chi connectivity index (χ1) is 12.5. The van der Waals surface area contributed by atoms with Gasteiger partial charge in [-0.3, -0.25) is 9.59 Å². The number of carbonyl (C=O) groups excluding carboxylic acids is 2. The van der Waals surface area contributed by atoms with Crippen molar-refractivity contribution < 1.29 is 9.59 Å². The number of carbonyl (C=O) groups is 2. The Hall–Kier alpha value is -1.24. The van der Waals surface area contributed by atoms with E-state index in [9.17, 15) is 9.59 Å². The maximum atomic E-state index is 13.0. The summed E-state index contributed by atoms with van der Waals surface area (Å²) in [5.74, 6) is 1.06. The Kier molecular flexibility index (Phi) is 10.8. The van der Waals surface area contributed by atoms with E-state index < -0.39 is 0 Å². The number of nitrogens with one attached hydrogen (secondary N) is 2. The summed E-state index contributed by atoms with van der Waals surface area (Å²) in [5, 5.41) is 6.28. The van der Waals surface area contributed by atoms with E-state index in [2.05, 4.69) is 17.6 Å². The predicted octanol–water partition coefficient (Wildman–Crippen LogP) is 3.19. The molecule has 2 rings (SSSR count). The number of nitrogens with zero attached hydrogens (tertiary/aromatic N) is 1. The summed E-state index contributed by atoms with van der Waals surface area (Å²) in [6.45, 7) is 9.65. The van der Waals surface area contributed by atoms with Crippen LogP contribution in [0.2, 0.25) is 0 Å². The third-order valence-electron chi connectivity index (χ3n) is 4.51. The summed E-state index contributed by atoms with van der Waals surface area (Å²) < 4.78 is 0. The third-order valence-corrected chi connectivity index (χ3v) is 5.58. The number of benzene rings is 1. The molecule has 1 aliphatic heterocycles. The predicted molar refractivity (Wildman–Crippen MR) is 115 cm³/mol. The zero-order valence-electron chi connectivity index (χ0n) is 16.5. The molecule has 0 bridgehead atoms. The summed E-state index contributed by atoms with van der Waals surface area (Å²) in [6, 6.07) is 7.74. The van der Waals surface area contributed by atoms with Crippen molar-refractivity contribution in [3.8, 4) is 0 Å². The van der Waals surface area contributed by atoms with Gasteiger partial charge < -0.3 is 15.5 Å². The summed E-state index contributed by atoms with van der Waals surface area (Å²) in [5.41, 5.74) is 0.708. The Bertz CT molecular complexity index is 605. The van der Waals surface area contributed by atoms with Crippen LogP contribution in [0.4, 0.5) is 0 Å². The van der Waals surface area contributed by atoms with Gasteiger partial charge in [0.05, 0.1) is 11.3 Å². The van der Waals surface area contributed by atoms with Crippen LogP contribution < -0.4 is 10.6 Å². The van der Waals surface area contributed by atoms with Crippen molar-refractivity contribution in [1.29, 1.82) is 0 Å². The maximum absolute atomic E-state index is 13.0. The molecule has 1 saturated heterocycles. The highest BCUT2D eigenvalue weighted by atomic mass is 35.5. The van der Waals surface area contributed by atoms with E-state index in [1.165, 1.54) is 11.8 Å². The molecule has 0 aliphatic carbocycles. The van der Waals surface area contributed by atoms with Gasteiger partial charge >= 0.3 is 0 Å². The summed E-state index contributed by atoms with van der Waals surface area (Å²) in [6.07, 6.45) is 2.09. The quantitative estimate of drug-likeness (QED) is 0.642. The van der Waals surface area contributed by atoms with Crippen LogP contribution in [0.15, 0.2) is 29.2 Å². The lowest BCUT2D eigenvalue weighted by molar-refractivity contribution is -0.119. The van der Waals surface area contributed by atoms with Crippen LogP contribution in [-0.2, 0) is 4.79 Å². The Labute approximate surface area is 173 Å². The molecule has 1 heterocycles. The van der Waals surface area contributed by atoms with E-state index in [1.807, 2.05) is 43.0 Å². The van der Waals surface area contributed by atoms with Crippen molar-refractivity contribution in [1.82, 2.24) is 15.5 Å². The number of hydrogen-bond acceptors (Lipinski definition) is 4. The molecule has 0 radical (unpaired) electrons. The minimum absolute atomic E-state index is 0. The number of hydrogen-bond donors (Lipinski definition) is 2. The van der Waals surface area contributed by atoms with Crippen LogP contribution in [-0.4, -0.2) is 54.7 Å². The molecule has 1 aromatic carbocycles. The zero-order chi connectivity index (χ0) is 18.9. The SMILES string of the molecule is CCNCC1CCN(C(=O)c2ccccc2SCC(=O)NC(C)C)CC1.Cl. The lowest BCUT2D eigenvalue weighted by Crippen LogP contribution is -2.41. The normalized spacial score (nSPS) is 14.7. The second kappa shape index (κ2) is 12.3. The van der Waals surface area contributed by atoms with Crippen LogP contribution >= 0.6 is 24.2 Å². The summed E-state index contributed by atoms with van der Waals surface area (Å²) in [4.78, 5) is 27.7. The number of rotatable bonds is 8. The van der Waals surface area contributed by atoms with Gasteiger partial charge in [-0.2, -0.15) is 0 Å². The van der Waals surface area contributed by atoms with Crippen LogP contribution in [0, 0.1) is 5.92 Å². The van der Waals surface area contributed by atoms with Crippen LogP contribution in [0.1, 0.15) is 44.0 Å². The van der Waals surface area contributed by atoms with E-state index >= 15 is 0 Å². The highest BCUT2D eigenvalue weighted by Crippen LogP contribution is 2.26. The van der Waals surface area contributed by atoms with Gasteiger partial charge in [0.1, 0.15) is 0 Å².